The van der Waals surface area contributed by atoms with E-state index in [-0.39, 0.29) is 17.1 Å². The maximum absolute atomic E-state index is 13.7. The van der Waals surface area contributed by atoms with Gasteiger partial charge in [0.05, 0.1) is 5.69 Å². The maximum atomic E-state index is 13.7. The molecule has 0 saturated heterocycles. The Balaban J connectivity index is 2.54. The third kappa shape index (κ3) is 2.75. The molecule has 112 valence electrons. The van der Waals surface area contributed by atoms with Crippen LogP contribution in [0.2, 0.25) is 0 Å². The number of halogens is 2. The van der Waals surface area contributed by atoms with Gasteiger partial charge in [0.15, 0.2) is 11.6 Å². The fourth-order valence-corrected chi connectivity index (χ4v) is 3.02. The molecule has 2 aromatic carbocycles. The predicted molar refractivity (Wildman–Crippen MR) is 74.5 cm³/mol. The summed E-state index contributed by atoms with van der Waals surface area (Å²) in [6.45, 7) is 0. The maximum Gasteiger partial charge on any atom is 0.267 e. The summed E-state index contributed by atoms with van der Waals surface area (Å²) in [6.07, 6.45) is 0. The second kappa shape index (κ2) is 5.21. The minimum absolute atomic E-state index is 0.0503. The van der Waals surface area contributed by atoms with Gasteiger partial charge in [0.25, 0.3) is 10.0 Å². The van der Waals surface area contributed by atoms with Crippen molar-refractivity contribution < 1.29 is 22.3 Å². The van der Waals surface area contributed by atoms with Crippen molar-refractivity contribution in [1.82, 2.24) is 0 Å². The van der Waals surface area contributed by atoms with Crippen molar-refractivity contribution in [1.29, 1.82) is 0 Å². The molecule has 2 rings (SSSR count). The number of anilines is 2. The number of hydrogen-bond donors (Lipinski definition) is 2. The van der Waals surface area contributed by atoms with Crippen LogP contribution in [-0.2, 0) is 10.0 Å². The van der Waals surface area contributed by atoms with Crippen molar-refractivity contribution in [2.45, 2.75) is 4.90 Å². The Morgan fingerprint density at radius 2 is 1.71 bits per heavy atom. The number of rotatable bonds is 3. The van der Waals surface area contributed by atoms with Crippen LogP contribution in [0.25, 0.3) is 0 Å². The Bertz CT molecular complexity index is 777. The van der Waals surface area contributed by atoms with Crippen LogP contribution in [-0.4, -0.2) is 20.6 Å². The van der Waals surface area contributed by atoms with Gasteiger partial charge in [-0.2, -0.15) is 0 Å². The number of phenolic OH excluding ortho intramolecular Hbond substituents is 1. The van der Waals surface area contributed by atoms with Crippen molar-refractivity contribution in [3.8, 4) is 5.75 Å². The van der Waals surface area contributed by atoms with Crippen LogP contribution in [0.4, 0.5) is 20.2 Å². The minimum Gasteiger partial charge on any atom is -0.508 e. The van der Waals surface area contributed by atoms with Crippen LogP contribution < -0.4 is 10.0 Å². The predicted octanol–water partition coefficient (Wildman–Crippen LogP) is 2.08. The lowest BCUT2D eigenvalue weighted by Crippen LogP contribution is -2.27. The van der Waals surface area contributed by atoms with E-state index in [1.807, 2.05) is 0 Å². The summed E-state index contributed by atoms with van der Waals surface area (Å²) in [6, 6.07) is 6.76. The lowest BCUT2D eigenvalue weighted by atomic mass is 10.3. The van der Waals surface area contributed by atoms with Gasteiger partial charge in [-0.25, -0.2) is 17.2 Å². The second-order valence-electron chi connectivity index (χ2n) is 4.30. The summed E-state index contributed by atoms with van der Waals surface area (Å²) >= 11 is 0. The first-order valence-electron chi connectivity index (χ1n) is 5.76. The highest BCUT2D eigenvalue weighted by molar-refractivity contribution is 7.92. The topological polar surface area (TPSA) is 83.6 Å². The highest BCUT2D eigenvalue weighted by Crippen LogP contribution is 2.27. The average molecular weight is 314 g/mol. The van der Waals surface area contributed by atoms with Crippen LogP contribution in [0.1, 0.15) is 0 Å². The minimum atomic E-state index is -4.32. The molecule has 5 nitrogen and oxygen atoms in total. The van der Waals surface area contributed by atoms with Crippen LogP contribution >= 0.6 is 0 Å². The molecule has 0 aliphatic carbocycles. The van der Waals surface area contributed by atoms with Crippen molar-refractivity contribution in [3.05, 3.63) is 48.0 Å². The molecule has 0 aliphatic rings. The van der Waals surface area contributed by atoms with E-state index in [1.165, 1.54) is 31.3 Å². The molecule has 0 bridgehead atoms. The standard InChI is InChI=1S/C13H12F2N2O3S/c1-17(9-2-4-10(18)5-3-9)21(19,20)12-7-8(16)6-11(14)13(12)15/h2-7,18H,16H2,1H3. The van der Waals surface area contributed by atoms with Gasteiger partial charge in [-0.3, -0.25) is 4.31 Å². The van der Waals surface area contributed by atoms with Crippen molar-refractivity contribution in [2.24, 2.45) is 0 Å². The van der Waals surface area contributed by atoms with Gasteiger partial charge in [0, 0.05) is 12.7 Å². The molecule has 0 radical (unpaired) electrons. The largest absolute Gasteiger partial charge is 0.508 e. The zero-order valence-corrected chi connectivity index (χ0v) is 11.7. The molecule has 3 N–H and O–H groups in total. The molecule has 0 unspecified atom stereocenters. The van der Waals surface area contributed by atoms with Crippen LogP contribution in [0.5, 0.6) is 5.75 Å². The lowest BCUT2D eigenvalue weighted by molar-refractivity contribution is 0.475. The summed E-state index contributed by atoms with van der Waals surface area (Å²) in [5.41, 5.74) is 5.33. The summed E-state index contributed by atoms with van der Waals surface area (Å²) in [5.74, 6) is -2.88. The number of hydrogen-bond acceptors (Lipinski definition) is 4. The van der Waals surface area contributed by atoms with E-state index in [1.54, 1.807) is 0 Å². The van der Waals surface area contributed by atoms with Crippen LogP contribution in [0, 0.1) is 11.6 Å². The van der Waals surface area contributed by atoms with E-state index in [9.17, 15) is 22.3 Å². The molecule has 0 amide bonds. The van der Waals surface area contributed by atoms with Gasteiger partial charge < -0.3 is 10.8 Å². The van der Waals surface area contributed by atoms with Crippen molar-refractivity contribution in [2.75, 3.05) is 17.1 Å². The zero-order chi connectivity index (χ0) is 15.8. The SMILES string of the molecule is CN(c1ccc(O)cc1)S(=O)(=O)c1cc(N)cc(F)c1F. The highest BCUT2D eigenvalue weighted by atomic mass is 32.2. The van der Waals surface area contributed by atoms with Gasteiger partial charge in [-0.1, -0.05) is 0 Å². The van der Waals surface area contributed by atoms with Crippen molar-refractivity contribution in [3.63, 3.8) is 0 Å². The van der Waals surface area contributed by atoms with E-state index < -0.39 is 26.6 Å². The fourth-order valence-electron chi connectivity index (χ4n) is 1.72. The summed E-state index contributed by atoms with van der Waals surface area (Å²) in [4.78, 5) is -0.851. The number of phenols is 1. The first-order valence-corrected chi connectivity index (χ1v) is 7.20. The molecule has 0 saturated carbocycles. The summed E-state index contributed by atoms with van der Waals surface area (Å²) in [5, 5.41) is 9.18. The molecule has 0 atom stereocenters. The molecule has 0 aliphatic heterocycles. The molecular formula is C13H12F2N2O3S. The molecule has 8 heteroatoms. The Hall–Kier alpha value is -2.35. The molecule has 21 heavy (non-hydrogen) atoms. The second-order valence-corrected chi connectivity index (χ2v) is 6.24. The lowest BCUT2D eigenvalue weighted by Gasteiger charge is -2.20. The Kier molecular flexibility index (Phi) is 3.73. The normalized spacial score (nSPS) is 11.4. The third-order valence-electron chi connectivity index (χ3n) is 2.87. The number of benzene rings is 2. The Labute approximate surface area is 120 Å². The third-order valence-corrected chi connectivity index (χ3v) is 4.65. The molecule has 0 aromatic heterocycles. The smallest absolute Gasteiger partial charge is 0.267 e. The van der Waals surface area contributed by atoms with Crippen LogP contribution in [0.15, 0.2) is 41.3 Å². The van der Waals surface area contributed by atoms with Crippen LogP contribution in [0.3, 0.4) is 0 Å². The molecule has 0 spiro atoms. The van der Waals surface area contributed by atoms with Gasteiger partial charge in [-0.05, 0) is 36.4 Å². The van der Waals surface area contributed by atoms with E-state index in [2.05, 4.69) is 0 Å². The van der Waals surface area contributed by atoms with Gasteiger partial charge in [-0.15, -0.1) is 0 Å². The highest BCUT2D eigenvalue weighted by Gasteiger charge is 2.27. The molecular weight excluding hydrogens is 302 g/mol. The van der Waals surface area contributed by atoms with Crippen molar-refractivity contribution >= 4 is 21.4 Å². The van der Waals surface area contributed by atoms with E-state index in [0.29, 0.717) is 6.07 Å². The number of nitrogens with two attached hydrogens (primary N) is 1. The number of aromatic hydroxyl groups is 1. The first kappa shape index (κ1) is 15.0. The monoisotopic (exact) mass is 314 g/mol. The first-order chi connectivity index (χ1) is 9.73. The number of nitrogen functional groups attached to an aromatic ring is 1. The fraction of sp³-hybridized carbons (Fsp3) is 0.0769. The Morgan fingerprint density at radius 1 is 1.14 bits per heavy atom. The van der Waals surface area contributed by atoms with Gasteiger partial charge >= 0.3 is 0 Å². The Morgan fingerprint density at radius 3 is 2.29 bits per heavy atom. The van der Waals surface area contributed by atoms with E-state index in [0.717, 1.165) is 10.4 Å². The molecule has 0 heterocycles. The number of sulfonamides is 1. The average Bonchev–Trinajstić information content (AvgIpc) is 2.42. The summed E-state index contributed by atoms with van der Waals surface area (Å²) < 4.78 is 52.5. The van der Waals surface area contributed by atoms with E-state index >= 15 is 0 Å². The van der Waals surface area contributed by atoms with E-state index in [4.69, 9.17) is 5.73 Å². The summed E-state index contributed by atoms with van der Waals surface area (Å²) in [7, 11) is -3.14. The molecule has 0 fully saturated rings. The van der Waals surface area contributed by atoms with Gasteiger partial charge in [0.2, 0.25) is 0 Å². The number of nitrogens with zero attached hydrogens (tertiary/aromatic N) is 1. The quantitative estimate of drug-likeness (QED) is 0.850. The zero-order valence-electron chi connectivity index (χ0n) is 10.9. The molecule has 2 aromatic rings. The van der Waals surface area contributed by atoms with Gasteiger partial charge in [0.1, 0.15) is 10.6 Å².